The molecule has 0 fully saturated rings. The molecule has 0 bridgehead atoms. The first kappa shape index (κ1) is 27.1. The van der Waals surface area contributed by atoms with Gasteiger partial charge in [0.15, 0.2) is 0 Å². The third-order valence-corrected chi connectivity index (χ3v) is 5.85. The molecular formula is C31H28N2O6. The van der Waals surface area contributed by atoms with E-state index in [-0.39, 0.29) is 12.6 Å². The molecule has 0 saturated carbocycles. The average Bonchev–Trinajstić information content (AvgIpc) is 3.56. The van der Waals surface area contributed by atoms with Gasteiger partial charge in [0, 0.05) is 11.1 Å². The van der Waals surface area contributed by atoms with Gasteiger partial charge in [-0.15, -0.1) is 0 Å². The molecule has 0 atom stereocenters. The molecule has 5 rings (SSSR count). The fraction of sp³-hybridized carbons (Fsp3) is 0.161. The second kappa shape index (κ2) is 12.0. The van der Waals surface area contributed by atoms with Gasteiger partial charge >= 0.3 is 11.9 Å². The third-order valence-electron chi connectivity index (χ3n) is 5.85. The number of ether oxygens (including phenoxy) is 1. The molecule has 2 heterocycles. The number of carbonyl (C=O) groups is 2. The Morgan fingerprint density at radius 3 is 1.69 bits per heavy atom. The molecule has 2 aromatic heterocycles. The highest BCUT2D eigenvalue weighted by Crippen LogP contribution is 2.23. The predicted octanol–water partition coefficient (Wildman–Crippen LogP) is 6.97. The van der Waals surface area contributed by atoms with Crippen molar-refractivity contribution in [2.24, 2.45) is 0 Å². The fourth-order valence-corrected chi connectivity index (χ4v) is 3.84. The van der Waals surface area contributed by atoms with Crippen molar-refractivity contribution >= 4 is 11.9 Å². The minimum atomic E-state index is -0.923. The highest BCUT2D eigenvalue weighted by Gasteiger charge is 2.14. The lowest BCUT2D eigenvalue weighted by Crippen LogP contribution is -2.07. The van der Waals surface area contributed by atoms with Gasteiger partial charge in [0.1, 0.15) is 19.1 Å². The number of esters is 1. The molecule has 0 aliphatic carbocycles. The maximum atomic E-state index is 12.2. The second-order valence-corrected chi connectivity index (χ2v) is 9.01. The highest BCUT2D eigenvalue weighted by molar-refractivity contribution is 5.91. The average molecular weight is 525 g/mol. The van der Waals surface area contributed by atoms with E-state index >= 15 is 0 Å². The van der Waals surface area contributed by atoms with Crippen LogP contribution in [-0.2, 0) is 11.3 Å². The standard InChI is InChI=1S/C19H17NO3.C12H11NO3/c1-13-10-16(18-20-14(2)11-22-18)8-9-17(13)19(21)23-12-15-6-4-3-5-7-15;1-7-5-9(3-4-10(7)12(14)15)11-13-8(2)6-16-11/h3-11H,12H2,1-2H3;3-6H,1-2H3,(H,14,15). The molecule has 39 heavy (non-hydrogen) atoms. The number of rotatable bonds is 6. The molecule has 8 nitrogen and oxygen atoms in total. The number of carboxylic acids is 1. The van der Waals surface area contributed by atoms with E-state index < -0.39 is 5.97 Å². The first-order valence-electron chi connectivity index (χ1n) is 12.2. The number of carboxylic acid groups (broad SMARTS) is 1. The Kier molecular flexibility index (Phi) is 8.36. The summed E-state index contributed by atoms with van der Waals surface area (Å²) in [5.41, 5.74) is 6.59. The lowest BCUT2D eigenvalue weighted by Gasteiger charge is -2.08. The van der Waals surface area contributed by atoms with E-state index in [1.165, 1.54) is 0 Å². The fourth-order valence-electron chi connectivity index (χ4n) is 3.84. The van der Waals surface area contributed by atoms with Crippen LogP contribution in [0.1, 0.15) is 48.8 Å². The third kappa shape index (κ3) is 6.87. The van der Waals surface area contributed by atoms with Crippen LogP contribution in [0.15, 0.2) is 88.1 Å². The van der Waals surface area contributed by atoms with E-state index in [4.69, 9.17) is 18.7 Å². The van der Waals surface area contributed by atoms with Crippen LogP contribution < -0.4 is 0 Å². The maximum absolute atomic E-state index is 12.2. The first-order valence-corrected chi connectivity index (χ1v) is 12.2. The van der Waals surface area contributed by atoms with Gasteiger partial charge in [-0.1, -0.05) is 30.3 Å². The van der Waals surface area contributed by atoms with E-state index in [9.17, 15) is 9.59 Å². The second-order valence-electron chi connectivity index (χ2n) is 9.01. The molecule has 8 heteroatoms. The van der Waals surface area contributed by atoms with Gasteiger partial charge in [-0.25, -0.2) is 19.6 Å². The van der Waals surface area contributed by atoms with E-state index in [0.717, 1.165) is 33.6 Å². The summed E-state index contributed by atoms with van der Waals surface area (Å²) in [5.74, 6) is -0.193. The van der Waals surface area contributed by atoms with Crippen molar-refractivity contribution in [1.82, 2.24) is 9.97 Å². The van der Waals surface area contributed by atoms with Gasteiger partial charge < -0.3 is 18.7 Å². The van der Waals surface area contributed by atoms with Crippen molar-refractivity contribution in [2.45, 2.75) is 34.3 Å². The first-order chi connectivity index (χ1) is 18.7. The molecule has 198 valence electrons. The Hall–Kier alpha value is -4.98. The maximum Gasteiger partial charge on any atom is 0.338 e. The van der Waals surface area contributed by atoms with Crippen molar-refractivity contribution in [3.8, 4) is 22.9 Å². The summed E-state index contributed by atoms with van der Waals surface area (Å²) in [7, 11) is 0. The molecular weight excluding hydrogens is 496 g/mol. The molecule has 0 spiro atoms. The summed E-state index contributed by atoms with van der Waals surface area (Å²) in [6.07, 6.45) is 3.17. The number of aryl methyl sites for hydroxylation is 4. The van der Waals surface area contributed by atoms with Gasteiger partial charge in [0.2, 0.25) is 11.8 Å². The molecule has 3 aromatic carbocycles. The molecule has 0 amide bonds. The van der Waals surface area contributed by atoms with Crippen LogP contribution in [0.25, 0.3) is 22.9 Å². The van der Waals surface area contributed by atoms with Crippen LogP contribution in [0.5, 0.6) is 0 Å². The number of hydrogen-bond acceptors (Lipinski definition) is 7. The lowest BCUT2D eigenvalue weighted by atomic mass is 10.1. The van der Waals surface area contributed by atoms with Gasteiger partial charge in [-0.05, 0) is 80.8 Å². The molecule has 1 N–H and O–H groups in total. The molecule has 0 aliphatic heterocycles. The summed E-state index contributed by atoms with van der Waals surface area (Å²) in [5, 5.41) is 8.89. The Labute approximate surface area is 225 Å². The highest BCUT2D eigenvalue weighted by atomic mass is 16.5. The van der Waals surface area contributed by atoms with E-state index in [0.29, 0.717) is 28.5 Å². The van der Waals surface area contributed by atoms with Crippen LogP contribution in [0.4, 0.5) is 0 Å². The summed E-state index contributed by atoms with van der Waals surface area (Å²) < 4.78 is 16.0. The van der Waals surface area contributed by atoms with Crippen molar-refractivity contribution in [3.05, 3.63) is 118 Å². The number of nitrogens with zero attached hydrogens (tertiary/aromatic N) is 2. The minimum Gasteiger partial charge on any atom is -0.478 e. The summed E-state index contributed by atoms with van der Waals surface area (Å²) in [6.45, 7) is 7.60. The number of benzene rings is 3. The van der Waals surface area contributed by atoms with Crippen LogP contribution in [0.2, 0.25) is 0 Å². The van der Waals surface area contributed by atoms with Crippen LogP contribution >= 0.6 is 0 Å². The normalized spacial score (nSPS) is 10.5. The lowest BCUT2D eigenvalue weighted by molar-refractivity contribution is 0.0471. The van der Waals surface area contributed by atoms with Gasteiger partial charge in [0.25, 0.3) is 0 Å². The SMILES string of the molecule is Cc1coc(-c2ccc(C(=O)O)c(C)c2)n1.Cc1coc(-c2ccc(C(=O)OCc3ccccc3)c(C)c2)n1. The monoisotopic (exact) mass is 524 g/mol. The quantitative estimate of drug-likeness (QED) is 0.237. The van der Waals surface area contributed by atoms with Crippen molar-refractivity contribution in [3.63, 3.8) is 0 Å². The molecule has 0 radical (unpaired) electrons. The topological polar surface area (TPSA) is 116 Å². The van der Waals surface area contributed by atoms with Crippen LogP contribution in [-0.4, -0.2) is 27.0 Å². The number of carbonyl (C=O) groups excluding carboxylic acids is 1. The van der Waals surface area contributed by atoms with E-state index in [2.05, 4.69) is 9.97 Å². The minimum absolute atomic E-state index is 0.264. The number of aromatic nitrogens is 2. The van der Waals surface area contributed by atoms with E-state index in [1.807, 2.05) is 63.2 Å². The molecule has 0 unspecified atom stereocenters. The smallest absolute Gasteiger partial charge is 0.338 e. The number of aromatic carboxylic acids is 1. The Bertz CT molecular complexity index is 1600. The summed E-state index contributed by atoms with van der Waals surface area (Å²) >= 11 is 0. The van der Waals surface area contributed by atoms with Gasteiger partial charge in [-0.3, -0.25) is 0 Å². The van der Waals surface area contributed by atoms with Gasteiger partial charge in [0.05, 0.1) is 22.5 Å². The van der Waals surface area contributed by atoms with Crippen molar-refractivity contribution in [1.29, 1.82) is 0 Å². The summed E-state index contributed by atoms with van der Waals surface area (Å²) in [4.78, 5) is 31.5. The number of hydrogen-bond donors (Lipinski definition) is 1. The summed E-state index contributed by atoms with van der Waals surface area (Å²) in [6, 6.07) is 20.1. The number of oxazole rings is 2. The van der Waals surface area contributed by atoms with Crippen molar-refractivity contribution in [2.75, 3.05) is 0 Å². The van der Waals surface area contributed by atoms with Crippen LogP contribution in [0.3, 0.4) is 0 Å². The Balaban J connectivity index is 0.000000193. The largest absolute Gasteiger partial charge is 0.478 e. The predicted molar refractivity (Wildman–Crippen MR) is 145 cm³/mol. The van der Waals surface area contributed by atoms with E-state index in [1.54, 1.807) is 43.7 Å². The zero-order valence-electron chi connectivity index (χ0n) is 22.1. The molecule has 5 aromatic rings. The van der Waals surface area contributed by atoms with Gasteiger partial charge in [-0.2, -0.15) is 0 Å². The Morgan fingerprint density at radius 2 is 1.26 bits per heavy atom. The zero-order valence-corrected chi connectivity index (χ0v) is 22.1. The molecule has 0 aliphatic rings. The zero-order chi connectivity index (χ0) is 27.9. The van der Waals surface area contributed by atoms with Crippen LogP contribution in [0, 0.1) is 27.7 Å². The Morgan fingerprint density at radius 1 is 0.744 bits per heavy atom. The molecule has 0 saturated heterocycles. The van der Waals surface area contributed by atoms with Crippen molar-refractivity contribution < 1.29 is 28.3 Å².